The monoisotopic (exact) mass is 446 g/mol. The number of halogens is 1. The van der Waals surface area contributed by atoms with E-state index in [2.05, 4.69) is 22.0 Å². The SMILES string of the molecule is O=C(CCSc1ccccc1Br)N1CCCN(C(=O)c2ccccc2)CC1. The van der Waals surface area contributed by atoms with Crippen LogP contribution in [0.4, 0.5) is 0 Å². The molecule has 0 aromatic heterocycles. The van der Waals surface area contributed by atoms with E-state index in [9.17, 15) is 9.59 Å². The van der Waals surface area contributed by atoms with E-state index in [4.69, 9.17) is 0 Å². The van der Waals surface area contributed by atoms with Crippen molar-refractivity contribution in [2.45, 2.75) is 17.7 Å². The van der Waals surface area contributed by atoms with Crippen molar-refractivity contribution in [3.63, 3.8) is 0 Å². The van der Waals surface area contributed by atoms with E-state index in [0.29, 0.717) is 31.6 Å². The number of hydrogen-bond acceptors (Lipinski definition) is 3. The Hall–Kier alpha value is -1.79. The van der Waals surface area contributed by atoms with Gasteiger partial charge >= 0.3 is 0 Å². The van der Waals surface area contributed by atoms with Crippen molar-refractivity contribution in [3.05, 3.63) is 64.6 Å². The summed E-state index contributed by atoms with van der Waals surface area (Å²) in [6.07, 6.45) is 1.33. The van der Waals surface area contributed by atoms with Gasteiger partial charge in [0, 0.05) is 53.3 Å². The summed E-state index contributed by atoms with van der Waals surface area (Å²) in [5, 5.41) is 0. The molecule has 1 fully saturated rings. The maximum absolute atomic E-state index is 12.6. The predicted molar refractivity (Wildman–Crippen MR) is 113 cm³/mol. The van der Waals surface area contributed by atoms with E-state index in [1.807, 2.05) is 58.3 Å². The molecule has 0 atom stereocenters. The summed E-state index contributed by atoms with van der Waals surface area (Å²) >= 11 is 5.22. The average Bonchev–Trinajstić information content (AvgIpc) is 2.96. The van der Waals surface area contributed by atoms with Crippen LogP contribution in [0.15, 0.2) is 64.0 Å². The smallest absolute Gasteiger partial charge is 0.253 e. The Morgan fingerprint density at radius 1 is 0.889 bits per heavy atom. The highest BCUT2D eigenvalue weighted by atomic mass is 79.9. The van der Waals surface area contributed by atoms with Gasteiger partial charge in [0.05, 0.1) is 0 Å². The molecule has 4 nitrogen and oxygen atoms in total. The molecule has 0 unspecified atom stereocenters. The Balaban J connectivity index is 1.48. The van der Waals surface area contributed by atoms with Crippen LogP contribution in [0.3, 0.4) is 0 Å². The van der Waals surface area contributed by atoms with E-state index in [-0.39, 0.29) is 11.8 Å². The molecule has 1 saturated heterocycles. The van der Waals surface area contributed by atoms with Gasteiger partial charge in [-0.2, -0.15) is 0 Å². The lowest BCUT2D eigenvalue weighted by molar-refractivity contribution is -0.130. The van der Waals surface area contributed by atoms with Gasteiger partial charge < -0.3 is 9.80 Å². The van der Waals surface area contributed by atoms with Crippen molar-refractivity contribution in [2.24, 2.45) is 0 Å². The Bertz CT molecular complexity index is 785. The number of benzene rings is 2. The number of rotatable bonds is 5. The fourth-order valence-corrected chi connectivity index (χ4v) is 4.61. The maximum Gasteiger partial charge on any atom is 0.253 e. The summed E-state index contributed by atoms with van der Waals surface area (Å²) in [5.74, 6) is 0.975. The first kappa shape index (κ1) is 20.0. The molecule has 6 heteroatoms. The van der Waals surface area contributed by atoms with Crippen LogP contribution in [0.2, 0.25) is 0 Å². The fourth-order valence-electron chi connectivity index (χ4n) is 3.10. The highest BCUT2D eigenvalue weighted by Gasteiger charge is 2.22. The Morgan fingerprint density at radius 3 is 2.33 bits per heavy atom. The van der Waals surface area contributed by atoms with Crippen LogP contribution in [0.1, 0.15) is 23.2 Å². The van der Waals surface area contributed by atoms with Crippen molar-refractivity contribution in [2.75, 3.05) is 31.9 Å². The first-order valence-electron chi connectivity index (χ1n) is 9.14. The van der Waals surface area contributed by atoms with Crippen molar-refractivity contribution in [1.29, 1.82) is 0 Å². The minimum absolute atomic E-state index is 0.0504. The number of hydrogen-bond donors (Lipinski definition) is 0. The zero-order valence-corrected chi connectivity index (χ0v) is 17.5. The van der Waals surface area contributed by atoms with Crippen LogP contribution in [0, 0.1) is 0 Å². The second-order valence-corrected chi connectivity index (χ2v) is 8.41. The molecule has 0 bridgehead atoms. The lowest BCUT2D eigenvalue weighted by Gasteiger charge is -2.22. The molecule has 3 rings (SSSR count). The largest absolute Gasteiger partial charge is 0.341 e. The molecule has 0 saturated carbocycles. The Morgan fingerprint density at radius 2 is 1.56 bits per heavy atom. The van der Waals surface area contributed by atoms with E-state index in [0.717, 1.165) is 28.1 Å². The van der Waals surface area contributed by atoms with Crippen LogP contribution in [-0.4, -0.2) is 53.5 Å². The second kappa shape index (κ2) is 9.95. The summed E-state index contributed by atoms with van der Waals surface area (Å²) in [4.78, 5) is 30.1. The van der Waals surface area contributed by atoms with E-state index >= 15 is 0 Å². The summed E-state index contributed by atoms with van der Waals surface area (Å²) in [6.45, 7) is 2.62. The van der Waals surface area contributed by atoms with Gasteiger partial charge in [-0.3, -0.25) is 9.59 Å². The zero-order valence-electron chi connectivity index (χ0n) is 15.1. The highest BCUT2D eigenvalue weighted by molar-refractivity contribution is 9.10. The highest BCUT2D eigenvalue weighted by Crippen LogP contribution is 2.27. The molecule has 1 aliphatic rings. The summed E-state index contributed by atoms with van der Waals surface area (Å²) in [5.41, 5.74) is 0.710. The lowest BCUT2D eigenvalue weighted by atomic mass is 10.2. The third-order valence-corrected chi connectivity index (χ3v) is 6.60. The van der Waals surface area contributed by atoms with Crippen LogP contribution in [0.25, 0.3) is 0 Å². The first-order chi connectivity index (χ1) is 13.1. The molecule has 2 amide bonds. The summed E-state index contributed by atoms with van der Waals surface area (Å²) in [7, 11) is 0. The first-order valence-corrected chi connectivity index (χ1v) is 10.9. The van der Waals surface area contributed by atoms with Crippen LogP contribution < -0.4 is 0 Å². The van der Waals surface area contributed by atoms with Gasteiger partial charge in [0.2, 0.25) is 5.91 Å². The zero-order chi connectivity index (χ0) is 19.1. The van der Waals surface area contributed by atoms with Gasteiger partial charge in [-0.1, -0.05) is 30.3 Å². The second-order valence-electron chi connectivity index (χ2n) is 6.42. The fraction of sp³-hybridized carbons (Fsp3) is 0.333. The van der Waals surface area contributed by atoms with Gasteiger partial charge in [0.1, 0.15) is 0 Å². The topological polar surface area (TPSA) is 40.6 Å². The standard InChI is InChI=1S/C21H23BrN2O2S/c22-18-9-4-5-10-19(18)27-16-11-20(25)23-12-6-13-24(15-14-23)21(26)17-7-2-1-3-8-17/h1-5,7-10H,6,11-16H2. The molecule has 1 aliphatic heterocycles. The molecule has 0 N–H and O–H groups in total. The number of carbonyl (C=O) groups excluding carboxylic acids is 2. The maximum atomic E-state index is 12.6. The van der Waals surface area contributed by atoms with Crippen LogP contribution in [0.5, 0.6) is 0 Å². The molecular formula is C21H23BrN2O2S. The molecular weight excluding hydrogens is 424 g/mol. The minimum Gasteiger partial charge on any atom is -0.341 e. The third-order valence-electron chi connectivity index (χ3n) is 4.57. The van der Waals surface area contributed by atoms with Crippen LogP contribution >= 0.6 is 27.7 Å². The molecule has 27 heavy (non-hydrogen) atoms. The van der Waals surface area contributed by atoms with E-state index < -0.39 is 0 Å². The number of nitrogens with zero attached hydrogens (tertiary/aromatic N) is 2. The lowest BCUT2D eigenvalue weighted by Crippen LogP contribution is -2.37. The number of carbonyl (C=O) groups is 2. The normalized spacial score (nSPS) is 14.7. The van der Waals surface area contributed by atoms with Gasteiger partial charge in [0.25, 0.3) is 5.91 Å². The number of thioether (sulfide) groups is 1. The predicted octanol–water partition coefficient (Wildman–Crippen LogP) is 4.31. The van der Waals surface area contributed by atoms with Gasteiger partial charge in [-0.05, 0) is 46.6 Å². The van der Waals surface area contributed by atoms with Gasteiger partial charge in [0.15, 0.2) is 0 Å². The van der Waals surface area contributed by atoms with E-state index in [1.165, 1.54) is 0 Å². The molecule has 2 aromatic carbocycles. The number of amides is 2. The van der Waals surface area contributed by atoms with Crippen molar-refractivity contribution < 1.29 is 9.59 Å². The van der Waals surface area contributed by atoms with Crippen LogP contribution in [-0.2, 0) is 4.79 Å². The quantitative estimate of drug-likeness (QED) is 0.642. The van der Waals surface area contributed by atoms with Gasteiger partial charge in [-0.15, -0.1) is 11.8 Å². The Labute approximate surface area is 173 Å². The summed E-state index contributed by atoms with van der Waals surface area (Å²) in [6, 6.07) is 17.4. The molecule has 1 heterocycles. The van der Waals surface area contributed by atoms with Crippen molar-refractivity contribution >= 4 is 39.5 Å². The van der Waals surface area contributed by atoms with Gasteiger partial charge in [-0.25, -0.2) is 0 Å². The van der Waals surface area contributed by atoms with Crippen molar-refractivity contribution in [3.8, 4) is 0 Å². The minimum atomic E-state index is 0.0504. The Kier molecular flexibility index (Phi) is 7.35. The molecule has 0 radical (unpaired) electrons. The van der Waals surface area contributed by atoms with Crippen molar-refractivity contribution in [1.82, 2.24) is 9.80 Å². The average molecular weight is 447 g/mol. The van der Waals surface area contributed by atoms with E-state index in [1.54, 1.807) is 11.8 Å². The third kappa shape index (κ3) is 5.59. The molecule has 142 valence electrons. The molecule has 0 spiro atoms. The summed E-state index contributed by atoms with van der Waals surface area (Å²) < 4.78 is 1.06. The molecule has 0 aliphatic carbocycles. The molecule has 2 aromatic rings.